The summed E-state index contributed by atoms with van der Waals surface area (Å²) in [4.78, 5) is 13.0. The third kappa shape index (κ3) is 3.49. The van der Waals surface area contributed by atoms with E-state index in [0.29, 0.717) is 38.3 Å². The quantitative estimate of drug-likeness (QED) is 0.796. The van der Waals surface area contributed by atoms with Gasteiger partial charge in [0.15, 0.2) is 0 Å². The number of nitrogens with zero attached hydrogens (tertiary/aromatic N) is 2. The van der Waals surface area contributed by atoms with Crippen LogP contribution in [0.2, 0.25) is 0 Å². The Morgan fingerprint density at radius 1 is 1.13 bits per heavy atom. The second-order valence-corrected chi connectivity index (χ2v) is 9.24. The van der Waals surface area contributed by atoms with E-state index in [1.165, 1.54) is 4.90 Å². The average Bonchev–Trinajstić information content (AvgIpc) is 2.84. The first-order valence-corrected chi connectivity index (χ1v) is 10.2. The topological polar surface area (TPSA) is 104 Å². The maximum absolute atomic E-state index is 12.5. The summed E-state index contributed by atoms with van der Waals surface area (Å²) in [6.45, 7) is 0.608. The maximum Gasteiger partial charge on any atom is 0.407 e. The molecule has 0 aromatic rings. The third-order valence-electron chi connectivity index (χ3n) is 5.78. The Morgan fingerprint density at radius 2 is 1.91 bits per heavy atom. The lowest BCUT2D eigenvalue weighted by atomic mass is 9.94. The van der Waals surface area contributed by atoms with Crippen LogP contribution in [0.15, 0.2) is 0 Å². The molecule has 2 heterocycles. The fourth-order valence-electron chi connectivity index (χ4n) is 4.43. The van der Waals surface area contributed by atoms with Gasteiger partial charge >= 0.3 is 6.09 Å². The molecule has 1 amide bonds. The van der Waals surface area contributed by atoms with E-state index >= 15 is 0 Å². The standard InChI is InChI=1S/C15H27N3O4S/c16-14-5-1-3-11(14)6-7-13-9-17(15(19)20)12-4-2-8-23(21,22)18(13)10-12/h11-14H,1-10,16H2,(H,19,20)/t11-,12?,13?,14+/m1/s1. The molecule has 1 aliphatic carbocycles. The zero-order chi connectivity index (χ0) is 16.6. The lowest BCUT2D eigenvalue weighted by Crippen LogP contribution is -2.60. The molecule has 2 aliphatic heterocycles. The fourth-order valence-corrected chi connectivity index (χ4v) is 6.22. The number of amides is 1. The Balaban J connectivity index is 1.74. The van der Waals surface area contributed by atoms with Crippen molar-refractivity contribution in [1.29, 1.82) is 0 Å². The molecule has 3 fully saturated rings. The highest BCUT2D eigenvalue weighted by Crippen LogP contribution is 2.32. The van der Waals surface area contributed by atoms with Crippen LogP contribution in [0.4, 0.5) is 4.79 Å². The monoisotopic (exact) mass is 345 g/mol. The molecule has 0 aromatic heterocycles. The summed E-state index contributed by atoms with van der Waals surface area (Å²) in [6, 6.07) is -0.226. The van der Waals surface area contributed by atoms with Crippen molar-refractivity contribution in [3.63, 3.8) is 0 Å². The van der Waals surface area contributed by atoms with Gasteiger partial charge in [0.2, 0.25) is 10.0 Å². The SMILES string of the molecule is N[C@H]1CCC[C@@H]1CCC1CN(C(=O)O)C2CCCS(=O)(=O)N1C2. The summed E-state index contributed by atoms with van der Waals surface area (Å²) in [7, 11) is -3.27. The summed E-state index contributed by atoms with van der Waals surface area (Å²) in [5.74, 6) is 0.580. The van der Waals surface area contributed by atoms with Gasteiger partial charge in [-0.2, -0.15) is 4.31 Å². The molecule has 2 saturated heterocycles. The van der Waals surface area contributed by atoms with Crippen molar-refractivity contribution in [2.75, 3.05) is 18.8 Å². The molecule has 0 aromatic carbocycles. The van der Waals surface area contributed by atoms with Crippen molar-refractivity contribution in [2.24, 2.45) is 11.7 Å². The molecule has 132 valence electrons. The van der Waals surface area contributed by atoms with Crippen LogP contribution < -0.4 is 5.73 Å². The predicted octanol–water partition coefficient (Wildman–Crippen LogP) is 1.05. The van der Waals surface area contributed by atoms with E-state index in [9.17, 15) is 18.3 Å². The molecule has 8 heteroatoms. The minimum atomic E-state index is -3.27. The van der Waals surface area contributed by atoms with Gasteiger partial charge in [-0.15, -0.1) is 0 Å². The third-order valence-corrected chi connectivity index (χ3v) is 7.74. The van der Waals surface area contributed by atoms with Crippen molar-refractivity contribution in [3.05, 3.63) is 0 Å². The second kappa shape index (κ2) is 6.57. The lowest BCUT2D eigenvalue weighted by Gasteiger charge is -2.43. The molecule has 5 atom stereocenters. The first-order valence-electron chi connectivity index (χ1n) is 8.63. The van der Waals surface area contributed by atoms with Gasteiger partial charge < -0.3 is 15.7 Å². The number of hydrogen-bond donors (Lipinski definition) is 2. The number of carboxylic acid groups (broad SMARTS) is 1. The molecule has 23 heavy (non-hydrogen) atoms. The number of nitrogens with two attached hydrogens (primary N) is 1. The van der Waals surface area contributed by atoms with Gasteiger partial charge in [-0.05, 0) is 44.4 Å². The minimum Gasteiger partial charge on any atom is -0.465 e. The smallest absolute Gasteiger partial charge is 0.407 e. The number of hydrogen-bond acceptors (Lipinski definition) is 4. The predicted molar refractivity (Wildman–Crippen MR) is 86.6 cm³/mol. The summed E-state index contributed by atoms with van der Waals surface area (Å²) in [5, 5.41) is 9.45. The largest absolute Gasteiger partial charge is 0.465 e. The Morgan fingerprint density at radius 3 is 2.57 bits per heavy atom. The van der Waals surface area contributed by atoms with E-state index in [0.717, 1.165) is 25.7 Å². The van der Waals surface area contributed by atoms with Crippen molar-refractivity contribution < 1.29 is 18.3 Å². The van der Waals surface area contributed by atoms with Crippen LogP contribution in [0.3, 0.4) is 0 Å². The fraction of sp³-hybridized carbons (Fsp3) is 0.933. The van der Waals surface area contributed by atoms with Crippen molar-refractivity contribution in [3.8, 4) is 0 Å². The van der Waals surface area contributed by atoms with Gasteiger partial charge in [-0.25, -0.2) is 13.2 Å². The zero-order valence-corrected chi connectivity index (χ0v) is 14.2. The Bertz CT molecular complexity index is 553. The van der Waals surface area contributed by atoms with Crippen LogP contribution in [-0.4, -0.2) is 65.8 Å². The van der Waals surface area contributed by atoms with E-state index in [-0.39, 0.29) is 23.9 Å². The van der Waals surface area contributed by atoms with Gasteiger partial charge in [0.1, 0.15) is 0 Å². The van der Waals surface area contributed by atoms with E-state index < -0.39 is 16.1 Å². The molecule has 3 rings (SSSR count). The van der Waals surface area contributed by atoms with Crippen molar-refractivity contribution in [2.45, 2.75) is 63.1 Å². The van der Waals surface area contributed by atoms with Crippen LogP contribution in [0.1, 0.15) is 44.9 Å². The van der Waals surface area contributed by atoms with Crippen molar-refractivity contribution >= 4 is 16.1 Å². The van der Waals surface area contributed by atoms with E-state index in [4.69, 9.17) is 5.73 Å². The van der Waals surface area contributed by atoms with Gasteiger partial charge in [0.05, 0.1) is 5.75 Å². The summed E-state index contributed by atoms with van der Waals surface area (Å²) < 4.78 is 26.6. The number of piperazine rings is 1. The number of rotatable bonds is 3. The number of sulfonamides is 1. The van der Waals surface area contributed by atoms with Crippen LogP contribution in [0.25, 0.3) is 0 Å². The molecule has 0 radical (unpaired) electrons. The zero-order valence-electron chi connectivity index (χ0n) is 13.4. The maximum atomic E-state index is 12.5. The molecule has 3 unspecified atom stereocenters. The number of fused-ring (bicyclic) bond motifs is 2. The van der Waals surface area contributed by atoms with E-state index in [1.54, 1.807) is 4.31 Å². The van der Waals surface area contributed by atoms with E-state index in [1.807, 2.05) is 0 Å². The molecular weight excluding hydrogens is 318 g/mol. The van der Waals surface area contributed by atoms with Gasteiger partial charge in [0, 0.05) is 31.2 Å². The number of carbonyl (C=O) groups is 1. The normalized spacial score (nSPS) is 39.9. The first-order chi connectivity index (χ1) is 10.9. The van der Waals surface area contributed by atoms with Crippen LogP contribution in [0.5, 0.6) is 0 Å². The summed E-state index contributed by atoms with van der Waals surface area (Å²) in [5.41, 5.74) is 6.11. The Kier molecular flexibility index (Phi) is 4.85. The molecule has 3 aliphatic rings. The molecule has 3 N–H and O–H groups in total. The summed E-state index contributed by atoms with van der Waals surface area (Å²) in [6.07, 6.45) is 5.10. The Hall–Kier alpha value is -0.860. The molecule has 2 bridgehead atoms. The first kappa shape index (κ1) is 17.0. The van der Waals surface area contributed by atoms with Crippen LogP contribution in [0, 0.1) is 5.92 Å². The minimum absolute atomic E-state index is 0.135. The van der Waals surface area contributed by atoms with E-state index in [2.05, 4.69) is 0 Å². The molecule has 1 saturated carbocycles. The highest BCUT2D eigenvalue weighted by Gasteiger charge is 2.43. The summed E-state index contributed by atoms with van der Waals surface area (Å²) >= 11 is 0. The molecule has 0 spiro atoms. The van der Waals surface area contributed by atoms with Crippen molar-refractivity contribution in [1.82, 2.24) is 9.21 Å². The highest BCUT2D eigenvalue weighted by atomic mass is 32.2. The van der Waals surface area contributed by atoms with Crippen LogP contribution in [-0.2, 0) is 10.0 Å². The van der Waals surface area contributed by atoms with Gasteiger partial charge in [0.25, 0.3) is 0 Å². The van der Waals surface area contributed by atoms with Crippen LogP contribution >= 0.6 is 0 Å². The average molecular weight is 345 g/mol. The highest BCUT2D eigenvalue weighted by molar-refractivity contribution is 7.89. The van der Waals surface area contributed by atoms with Gasteiger partial charge in [-0.1, -0.05) is 6.42 Å². The second-order valence-electron chi connectivity index (χ2n) is 7.20. The lowest BCUT2D eigenvalue weighted by molar-refractivity contribution is 0.0638. The molecular formula is C15H27N3O4S. The van der Waals surface area contributed by atoms with Gasteiger partial charge in [-0.3, -0.25) is 0 Å². The Labute approximate surface area is 137 Å². The molecule has 7 nitrogen and oxygen atoms in total.